The van der Waals surface area contributed by atoms with Crippen molar-refractivity contribution in [2.75, 3.05) is 32.8 Å². The molecule has 4 rings (SSSR count). The zero-order valence-electron chi connectivity index (χ0n) is 13.5. The van der Waals surface area contributed by atoms with Gasteiger partial charge in [-0.2, -0.15) is 0 Å². The van der Waals surface area contributed by atoms with Gasteiger partial charge in [0.15, 0.2) is 0 Å². The Labute approximate surface area is 139 Å². The number of carbonyl (C=O) groups excluding carboxylic acids is 1. The highest BCUT2D eigenvalue weighted by Crippen LogP contribution is 2.24. The summed E-state index contributed by atoms with van der Waals surface area (Å²) in [5.74, 6) is 0.0159. The van der Waals surface area contributed by atoms with Crippen molar-refractivity contribution in [2.45, 2.75) is 25.2 Å². The molecule has 0 bridgehead atoms. The van der Waals surface area contributed by atoms with Gasteiger partial charge in [0, 0.05) is 45.0 Å². The maximum Gasteiger partial charge on any atom is 0.240 e. The van der Waals surface area contributed by atoms with E-state index in [4.69, 9.17) is 4.74 Å². The van der Waals surface area contributed by atoms with E-state index in [0.29, 0.717) is 32.8 Å². The van der Waals surface area contributed by atoms with Crippen LogP contribution in [0.3, 0.4) is 0 Å². The van der Waals surface area contributed by atoms with E-state index in [9.17, 15) is 9.18 Å². The molecule has 0 radical (unpaired) electrons. The molecule has 6 nitrogen and oxygen atoms in total. The highest BCUT2D eigenvalue weighted by atomic mass is 19.1. The van der Waals surface area contributed by atoms with Gasteiger partial charge in [0.1, 0.15) is 11.8 Å². The molecule has 2 aromatic rings. The average molecular weight is 332 g/mol. The molecule has 128 valence electrons. The van der Waals surface area contributed by atoms with Gasteiger partial charge in [-0.25, -0.2) is 9.37 Å². The molecule has 2 fully saturated rings. The number of likely N-dealkylation sites (tertiary alicyclic amines) is 1. The Bertz CT molecular complexity index is 695. The van der Waals surface area contributed by atoms with Crippen molar-refractivity contribution in [2.24, 2.45) is 0 Å². The smallest absolute Gasteiger partial charge is 0.240 e. The Balaban J connectivity index is 1.50. The van der Waals surface area contributed by atoms with Crippen LogP contribution < -0.4 is 0 Å². The number of carbonyl (C=O) groups is 1. The van der Waals surface area contributed by atoms with Crippen LogP contribution in [0.4, 0.5) is 4.39 Å². The van der Waals surface area contributed by atoms with Gasteiger partial charge in [-0.05, 0) is 12.1 Å². The summed E-state index contributed by atoms with van der Waals surface area (Å²) in [4.78, 5) is 21.0. The number of amides is 1. The molecule has 24 heavy (non-hydrogen) atoms. The molecule has 4 heterocycles. The molecule has 2 atom stereocenters. The lowest BCUT2D eigenvalue weighted by Crippen LogP contribution is -2.49. The zero-order valence-corrected chi connectivity index (χ0v) is 13.5. The number of pyridine rings is 1. The van der Waals surface area contributed by atoms with E-state index in [1.165, 1.54) is 0 Å². The van der Waals surface area contributed by atoms with Crippen LogP contribution in [-0.2, 0) is 16.1 Å². The van der Waals surface area contributed by atoms with Crippen LogP contribution in [-0.4, -0.2) is 70.2 Å². The summed E-state index contributed by atoms with van der Waals surface area (Å²) in [5.41, 5.74) is 1.72. The van der Waals surface area contributed by atoms with Gasteiger partial charge >= 0.3 is 0 Å². The summed E-state index contributed by atoms with van der Waals surface area (Å²) in [6.45, 7) is 3.08. The number of halogens is 1. The van der Waals surface area contributed by atoms with E-state index in [-0.39, 0.29) is 18.9 Å². The monoisotopic (exact) mass is 332 g/mol. The van der Waals surface area contributed by atoms with Crippen LogP contribution in [0, 0.1) is 0 Å². The first-order valence-corrected chi connectivity index (χ1v) is 8.38. The predicted octanol–water partition coefficient (Wildman–Crippen LogP) is 1.11. The van der Waals surface area contributed by atoms with Crippen LogP contribution in [0.15, 0.2) is 30.6 Å². The first kappa shape index (κ1) is 15.5. The van der Waals surface area contributed by atoms with Gasteiger partial charge < -0.3 is 14.0 Å². The summed E-state index contributed by atoms with van der Waals surface area (Å²) < 4.78 is 21.2. The second-order valence-corrected chi connectivity index (χ2v) is 6.41. The lowest BCUT2D eigenvalue weighted by Gasteiger charge is -2.32. The van der Waals surface area contributed by atoms with E-state index < -0.39 is 12.2 Å². The molecular formula is C17H21FN4O2. The maximum absolute atomic E-state index is 14.0. The number of ether oxygens (including phenoxy) is 1. The molecule has 2 aromatic heterocycles. The number of rotatable bonds is 3. The molecule has 2 aliphatic heterocycles. The fraction of sp³-hybridized carbons (Fsp3) is 0.529. The van der Waals surface area contributed by atoms with E-state index in [1.54, 1.807) is 4.90 Å². The summed E-state index contributed by atoms with van der Waals surface area (Å²) in [6, 6.07) is 5.41. The van der Waals surface area contributed by atoms with Gasteiger partial charge in [0.2, 0.25) is 5.91 Å². The van der Waals surface area contributed by atoms with Crippen LogP contribution in [0.5, 0.6) is 0 Å². The van der Waals surface area contributed by atoms with Crippen LogP contribution in [0.2, 0.25) is 0 Å². The molecule has 0 unspecified atom stereocenters. The Hall–Kier alpha value is -1.99. The molecular weight excluding hydrogens is 311 g/mol. The van der Waals surface area contributed by atoms with Crippen molar-refractivity contribution in [3.8, 4) is 0 Å². The van der Waals surface area contributed by atoms with Gasteiger partial charge in [-0.3, -0.25) is 9.69 Å². The minimum absolute atomic E-state index is 0.0159. The second kappa shape index (κ2) is 6.49. The molecule has 2 saturated heterocycles. The molecule has 0 spiro atoms. The van der Waals surface area contributed by atoms with Crippen molar-refractivity contribution in [1.82, 2.24) is 19.2 Å². The second-order valence-electron chi connectivity index (χ2n) is 6.41. The summed E-state index contributed by atoms with van der Waals surface area (Å²) in [7, 11) is 0. The number of imidazole rings is 1. The molecule has 7 heteroatoms. The van der Waals surface area contributed by atoms with Gasteiger partial charge in [-0.1, -0.05) is 6.07 Å². The number of nitrogens with zero attached hydrogens (tertiary/aromatic N) is 4. The van der Waals surface area contributed by atoms with E-state index >= 15 is 0 Å². The lowest BCUT2D eigenvalue weighted by atomic mass is 10.1. The van der Waals surface area contributed by atoms with Crippen molar-refractivity contribution in [3.05, 3.63) is 36.3 Å². The molecule has 0 aliphatic carbocycles. The fourth-order valence-electron chi connectivity index (χ4n) is 3.55. The Morgan fingerprint density at radius 3 is 2.96 bits per heavy atom. The van der Waals surface area contributed by atoms with E-state index in [1.807, 2.05) is 39.9 Å². The largest absolute Gasteiger partial charge is 0.378 e. The molecule has 0 N–H and O–H groups in total. The fourth-order valence-corrected chi connectivity index (χ4v) is 3.55. The average Bonchev–Trinajstić information content (AvgIpc) is 3.17. The summed E-state index contributed by atoms with van der Waals surface area (Å²) in [6.07, 6.45) is 3.18. The Kier molecular flexibility index (Phi) is 4.20. The van der Waals surface area contributed by atoms with Gasteiger partial charge in [0.25, 0.3) is 0 Å². The predicted molar refractivity (Wildman–Crippen MR) is 86.3 cm³/mol. The summed E-state index contributed by atoms with van der Waals surface area (Å²) >= 11 is 0. The first-order chi connectivity index (χ1) is 11.7. The topological polar surface area (TPSA) is 50.1 Å². The number of alkyl halides is 1. The van der Waals surface area contributed by atoms with Crippen molar-refractivity contribution < 1.29 is 13.9 Å². The minimum Gasteiger partial charge on any atom is -0.378 e. The molecule has 2 aliphatic rings. The Morgan fingerprint density at radius 2 is 2.17 bits per heavy atom. The van der Waals surface area contributed by atoms with Crippen molar-refractivity contribution in [3.63, 3.8) is 0 Å². The van der Waals surface area contributed by atoms with E-state index in [0.717, 1.165) is 11.3 Å². The van der Waals surface area contributed by atoms with Crippen molar-refractivity contribution >= 4 is 11.6 Å². The molecule has 0 saturated carbocycles. The third kappa shape index (κ3) is 3.01. The molecule has 0 aromatic carbocycles. The molecule has 1 amide bonds. The normalized spacial score (nSPS) is 25.5. The standard InChI is InChI=1S/C17H21FN4O2/c18-13-9-15(17(23)20-5-7-24-8-6-20)22(10-13)12-14-11-21-4-2-1-3-16(21)19-14/h1-4,11,13,15H,5-10,12H2/t13-,15+/m1/s1. The quantitative estimate of drug-likeness (QED) is 0.845. The maximum atomic E-state index is 14.0. The van der Waals surface area contributed by atoms with Crippen molar-refractivity contribution in [1.29, 1.82) is 0 Å². The minimum atomic E-state index is -0.961. The van der Waals surface area contributed by atoms with Gasteiger partial charge in [0.05, 0.1) is 24.9 Å². The third-order valence-electron chi connectivity index (χ3n) is 4.74. The number of aromatic nitrogens is 2. The lowest BCUT2D eigenvalue weighted by molar-refractivity contribution is -0.140. The summed E-state index contributed by atoms with van der Waals surface area (Å²) in [5, 5.41) is 0. The highest BCUT2D eigenvalue weighted by molar-refractivity contribution is 5.82. The van der Waals surface area contributed by atoms with Gasteiger partial charge in [-0.15, -0.1) is 0 Å². The zero-order chi connectivity index (χ0) is 16.5. The SMILES string of the molecule is O=C([C@@H]1C[C@@H](F)CN1Cc1cn2ccccc2n1)N1CCOCC1. The van der Waals surface area contributed by atoms with E-state index in [2.05, 4.69) is 4.98 Å². The van der Waals surface area contributed by atoms with Crippen LogP contribution in [0.25, 0.3) is 5.65 Å². The van der Waals surface area contributed by atoms with Crippen LogP contribution >= 0.6 is 0 Å². The number of hydrogen-bond acceptors (Lipinski definition) is 4. The Morgan fingerprint density at radius 1 is 1.33 bits per heavy atom. The number of morpholine rings is 1. The van der Waals surface area contributed by atoms with Crippen LogP contribution in [0.1, 0.15) is 12.1 Å². The number of fused-ring (bicyclic) bond motifs is 1. The third-order valence-corrected chi connectivity index (χ3v) is 4.74. The highest BCUT2D eigenvalue weighted by Gasteiger charge is 2.39. The number of hydrogen-bond donors (Lipinski definition) is 0. The first-order valence-electron chi connectivity index (χ1n) is 8.38.